The number of hydrogen-bond acceptors (Lipinski definition) is 5. The van der Waals surface area contributed by atoms with Gasteiger partial charge in [-0.15, -0.1) is 0 Å². The topological polar surface area (TPSA) is 114 Å². The molecule has 0 atom stereocenters. The van der Waals surface area contributed by atoms with Crippen LogP contribution in [0, 0.1) is 0 Å². The minimum Gasteiger partial charge on any atom is -0.495 e. The highest BCUT2D eigenvalue weighted by atomic mass is 35.5. The number of amides is 2. The summed E-state index contributed by atoms with van der Waals surface area (Å²) in [6.07, 6.45) is 2.14. The zero-order valence-electron chi connectivity index (χ0n) is 19.7. The van der Waals surface area contributed by atoms with Gasteiger partial charge in [-0.3, -0.25) is 4.79 Å². The normalized spacial score (nSPS) is 10.8. The largest absolute Gasteiger partial charge is 0.495 e. The van der Waals surface area contributed by atoms with Gasteiger partial charge < -0.3 is 24.9 Å². The molecule has 1 heterocycles. The fourth-order valence-corrected chi connectivity index (χ4v) is 3.88. The molecular formula is C27H26ClN3O5. The van der Waals surface area contributed by atoms with Crippen molar-refractivity contribution in [2.24, 2.45) is 0 Å². The van der Waals surface area contributed by atoms with Gasteiger partial charge in [0.1, 0.15) is 11.3 Å². The second-order valence-electron chi connectivity index (χ2n) is 8.21. The Kier molecular flexibility index (Phi) is 8.07. The number of benzene rings is 3. The molecule has 0 unspecified atom stereocenters. The number of rotatable bonds is 10. The van der Waals surface area contributed by atoms with Crippen molar-refractivity contribution in [2.75, 3.05) is 19.0 Å². The van der Waals surface area contributed by atoms with E-state index in [0.717, 1.165) is 17.5 Å². The molecule has 36 heavy (non-hydrogen) atoms. The van der Waals surface area contributed by atoms with E-state index in [4.69, 9.17) is 25.9 Å². The van der Waals surface area contributed by atoms with Crippen molar-refractivity contribution in [2.45, 2.75) is 25.7 Å². The summed E-state index contributed by atoms with van der Waals surface area (Å²) in [5.74, 6) is 0.105. The number of aliphatic carboxylic acids is 1. The van der Waals surface area contributed by atoms with E-state index in [0.29, 0.717) is 58.4 Å². The summed E-state index contributed by atoms with van der Waals surface area (Å²) >= 11 is 6.00. The first-order chi connectivity index (χ1) is 17.4. The molecule has 4 aromatic rings. The van der Waals surface area contributed by atoms with Crippen LogP contribution in [0.25, 0.3) is 33.7 Å². The number of ether oxygens (including phenoxy) is 1. The SMILES string of the molecule is COc1ccc(-c2nc3cc(-c4ccc(Cl)cc4)ccc3o2)cc1NC(=O)NCCCCCC(=O)O. The molecule has 0 aliphatic rings. The summed E-state index contributed by atoms with van der Waals surface area (Å²) < 4.78 is 11.4. The highest BCUT2D eigenvalue weighted by molar-refractivity contribution is 6.30. The molecule has 8 nitrogen and oxygen atoms in total. The molecule has 186 valence electrons. The minimum absolute atomic E-state index is 0.133. The molecule has 9 heteroatoms. The molecule has 0 fully saturated rings. The number of carboxylic acid groups (broad SMARTS) is 1. The second kappa shape index (κ2) is 11.6. The summed E-state index contributed by atoms with van der Waals surface area (Å²) in [6, 6.07) is 18.3. The number of oxazole rings is 1. The maximum atomic E-state index is 12.4. The number of halogens is 1. The van der Waals surface area contributed by atoms with Crippen LogP contribution in [-0.2, 0) is 4.79 Å². The van der Waals surface area contributed by atoms with Crippen LogP contribution in [0.15, 0.2) is 65.1 Å². The number of carbonyl (C=O) groups excluding carboxylic acids is 1. The Labute approximate surface area is 213 Å². The van der Waals surface area contributed by atoms with Crippen LogP contribution in [-0.4, -0.2) is 35.7 Å². The molecule has 0 saturated heterocycles. The number of urea groups is 1. The van der Waals surface area contributed by atoms with Crippen molar-refractivity contribution < 1.29 is 23.8 Å². The second-order valence-corrected chi connectivity index (χ2v) is 8.65. The van der Waals surface area contributed by atoms with Crippen molar-refractivity contribution in [3.8, 4) is 28.3 Å². The van der Waals surface area contributed by atoms with E-state index in [2.05, 4.69) is 15.6 Å². The Morgan fingerprint density at radius 3 is 2.47 bits per heavy atom. The zero-order chi connectivity index (χ0) is 25.5. The fraction of sp³-hybridized carbons (Fsp3) is 0.222. The molecule has 1 aromatic heterocycles. The molecular weight excluding hydrogens is 482 g/mol. The number of nitrogens with zero attached hydrogens (tertiary/aromatic N) is 1. The van der Waals surface area contributed by atoms with Crippen LogP contribution in [0.1, 0.15) is 25.7 Å². The number of carboxylic acids is 1. The third-order valence-corrected chi connectivity index (χ3v) is 5.86. The van der Waals surface area contributed by atoms with E-state index in [1.807, 2.05) is 48.5 Å². The van der Waals surface area contributed by atoms with E-state index in [9.17, 15) is 9.59 Å². The maximum Gasteiger partial charge on any atom is 0.319 e. The number of nitrogens with one attached hydrogen (secondary N) is 2. The molecule has 0 aliphatic carbocycles. The third-order valence-electron chi connectivity index (χ3n) is 5.61. The van der Waals surface area contributed by atoms with Gasteiger partial charge in [-0.1, -0.05) is 36.2 Å². The molecule has 3 aromatic carbocycles. The lowest BCUT2D eigenvalue weighted by atomic mass is 10.1. The number of methoxy groups -OCH3 is 1. The van der Waals surface area contributed by atoms with Crippen LogP contribution in [0.2, 0.25) is 5.02 Å². The Bertz CT molecular complexity index is 1370. The van der Waals surface area contributed by atoms with Crippen LogP contribution < -0.4 is 15.4 Å². The van der Waals surface area contributed by atoms with Crippen molar-refractivity contribution in [1.82, 2.24) is 10.3 Å². The Morgan fingerprint density at radius 1 is 0.972 bits per heavy atom. The fourth-order valence-electron chi connectivity index (χ4n) is 3.76. The predicted octanol–water partition coefficient (Wildman–Crippen LogP) is 6.59. The third kappa shape index (κ3) is 6.34. The minimum atomic E-state index is -0.811. The van der Waals surface area contributed by atoms with Gasteiger partial charge in [-0.05, 0) is 66.4 Å². The van der Waals surface area contributed by atoms with Crippen LogP contribution >= 0.6 is 11.6 Å². The van der Waals surface area contributed by atoms with Gasteiger partial charge >= 0.3 is 12.0 Å². The number of unbranched alkanes of at least 4 members (excludes halogenated alkanes) is 2. The van der Waals surface area contributed by atoms with Crippen LogP contribution in [0.4, 0.5) is 10.5 Å². The first-order valence-corrected chi connectivity index (χ1v) is 11.9. The quantitative estimate of drug-likeness (QED) is 0.209. The Hall–Kier alpha value is -4.04. The van der Waals surface area contributed by atoms with Crippen molar-refractivity contribution in [3.05, 3.63) is 65.7 Å². The standard InChI is InChI=1S/C27H26ClN3O5/c1-35-23-12-9-19(16-21(23)31-27(34)29-14-4-2-3-5-25(32)33)26-30-22-15-18(8-13-24(22)36-26)17-6-10-20(28)11-7-17/h6-13,15-16H,2-5,14H2,1H3,(H,32,33)(H2,29,31,34). The van der Waals surface area contributed by atoms with Gasteiger partial charge in [-0.25, -0.2) is 9.78 Å². The van der Waals surface area contributed by atoms with Crippen molar-refractivity contribution in [1.29, 1.82) is 0 Å². The summed E-state index contributed by atoms with van der Waals surface area (Å²) in [6.45, 7) is 0.439. The van der Waals surface area contributed by atoms with E-state index in [1.165, 1.54) is 7.11 Å². The first kappa shape index (κ1) is 25.1. The average Bonchev–Trinajstić information content (AvgIpc) is 3.30. The summed E-state index contributed by atoms with van der Waals surface area (Å²) in [5, 5.41) is 14.9. The monoisotopic (exact) mass is 507 g/mol. The summed E-state index contributed by atoms with van der Waals surface area (Å²) in [4.78, 5) is 27.6. The molecule has 0 spiro atoms. The van der Waals surface area contributed by atoms with E-state index in [1.54, 1.807) is 12.1 Å². The molecule has 0 bridgehead atoms. The van der Waals surface area contributed by atoms with Gasteiger partial charge in [0.2, 0.25) is 5.89 Å². The average molecular weight is 508 g/mol. The molecule has 0 aliphatic heterocycles. The predicted molar refractivity (Wildman–Crippen MR) is 140 cm³/mol. The number of fused-ring (bicyclic) bond motifs is 1. The van der Waals surface area contributed by atoms with Gasteiger partial charge in [0.15, 0.2) is 5.58 Å². The van der Waals surface area contributed by atoms with Crippen molar-refractivity contribution >= 4 is 40.4 Å². The Morgan fingerprint density at radius 2 is 1.72 bits per heavy atom. The van der Waals surface area contributed by atoms with Gasteiger partial charge in [0, 0.05) is 23.6 Å². The smallest absolute Gasteiger partial charge is 0.319 e. The molecule has 2 amide bonds. The van der Waals surface area contributed by atoms with E-state index < -0.39 is 5.97 Å². The lowest BCUT2D eigenvalue weighted by Gasteiger charge is -2.12. The summed E-state index contributed by atoms with van der Waals surface area (Å²) in [7, 11) is 1.53. The van der Waals surface area contributed by atoms with Crippen molar-refractivity contribution in [3.63, 3.8) is 0 Å². The number of hydrogen-bond donors (Lipinski definition) is 3. The molecule has 3 N–H and O–H groups in total. The summed E-state index contributed by atoms with van der Waals surface area (Å²) in [5.41, 5.74) is 4.54. The lowest BCUT2D eigenvalue weighted by Crippen LogP contribution is -2.29. The highest BCUT2D eigenvalue weighted by Gasteiger charge is 2.14. The maximum absolute atomic E-state index is 12.4. The lowest BCUT2D eigenvalue weighted by molar-refractivity contribution is -0.137. The highest BCUT2D eigenvalue weighted by Crippen LogP contribution is 2.33. The van der Waals surface area contributed by atoms with Gasteiger partial charge in [0.25, 0.3) is 0 Å². The zero-order valence-corrected chi connectivity index (χ0v) is 20.5. The van der Waals surface area contributed by atoms with E-state index in [-0.39, 0.29) is 12.5 Å². The number of aromatic nitrogens is 1. The van der Waals surface area contributed by atoms with Crippen LogP contribution in [0.5, 0.6) is 5.75 Å². The Balaban J connectivity index is 1.46. The molecule has 0 radical (unpaired) electrons. The van der Waals surface area contributed by atoms with E-state index >= 15 is 0 Å². The van der Waals surface area contributed by atoms with Gasteiger partial charge in [0.05, 0.1) is 12.8 Å². The molecule has 4 rings (SSSR count). The molecule has 0 saturated carbocycles. The number of carbonyl (C=O) groups is 2. The first-order valence-electron chi connectivity index (χ1n) is 11.5. The van der Waals surface area contributed by atoms with Crippen LogP contribution in [0.3, 0.4) is 0 Å². The number of anilines is 1. The van der Waals surface area contributed by atoms with Gasteiger partial charge in [-0.2, -0.15) is 0 Å².